The van der Waals surface area contributed by atoms with Crippen molar-refractivity contribution in [2.75, 3.05) is 6.61 Å². The minimum atomic E-state index is -0.571. The lowest BCUT2D eigenvalue weighted by Crippen LogP contribution is -2.22. The van der Waals surface area contributed by atoms with Crippen molar-refractivity contribution in [1.82, 2.24) is 0 Å². The first-order chi connectivity index (χ1) is 16.9. The number of nitrogens with two attached hydrogens (primary N) is 1. The minimum Gasteiger partial charge on any atom is -0.396 e. The number of carbonyl (C=O) groups is 1. The van der Waals surface area contributed by atoms with Gasteiger partial charge in [-0.25, -0.2) is 4.39 Å². The Balaban J connectivity index is 1.82. The van der Waals surface area contributed by atoms with Crippen LogP contribution in [0.15, 0.2) is 54.1 Å². The predicted molar refractivity (Wildman–Crippen MR) is 137 cm³/mol. The molecule has 0 saturated heterocycles. The first-order valence-electron chi connectivity index (χ1n) is 12.6. The third kappa shape index (κ3) is 5.45. The zero-order chi connectivity index (χ0) is 24.9. The van der Waals surface area contributed by atoms with Crippen LogP contribution in [0, 0.1) is 35.9 Å². The van der Waals surface area contributed by atoms with Gasteiger partial charge in [-0.05, 0) is 85.9 Å². The Morgan fingerprint density at radius 1 is 1.11 bits per heavy atom. The molecule has 0 bridgehead atoms. The SMILES string of the molecule is Cc1ccc(C2=C(c3ccc(C#N)c(F)c3)C=C(C(=O)C3CCC[C@@H](N)CC3)C2CCCO)cc1. The second-order valence-corrected chi connectivity index (χ2v) is 9.85. The minimum absolute atomic E-state index is 0.00358. The van der Waals surface area contributed by atoms with Crippen LogP contribution in [-0.2, 0) is 4.79 Å². The average molecular weight is 473 g/mol. The molecule has 0 amide bonds. The molecule has 0 aliphatic heterocycles. The van der Waals surface area contributed by atoms with Crippen LogP contribution in [0.1, 0.15) is 67.2 Å². The highest BCUT2D eigenvalue weighted by molar-refractivity contribution is 6.11. The summed E-state index contributed by atoms with van der Waals surface area (Å²) >= 11 is 0. The van der Waals surface area contributed by atoms with Gasteiger partial charge < -0.3 is 10.8 Å². The van der Waals surface area contributed by atoms with Gasteiger partial charge >= 0.3 is 0 Å². The third-order valence-electron chi connectivity index (χ3n) is 7.40. The van der Waals surface area contributed by atoms with Crippen molar-refractivity contribution in [3.63, 3.8) is 0 Å². The Morgan fingerprint density at radius 2 is 1.86 bits per heavy atom. The molecular weight excluding hydrogens is 439 g/mol. The van der Waals surface area contributed by atoms with Gasteiger partial charge in [0.15, 0.2) is 5.78 Å². The van der Waals surface area contributed by atoms with Gasteiger partial charge in [-0.15, -0.1) is 0 Å². The van der Waals surface area contributed by atoms with E-state index in [1.165, 1.54) is 12.1 Å². The number of ketones is 1. The van der Waals surface area contributed by atoms with Gasteiger partial charge in [-0.3, -0.25) is 4.79 Å². The van der Waals surface area contributed by atoms with Gasteiger partial charge in [0.25, 0.3) is 0 Å². The molecule has 5 heteroatoms. The van der Waals surface area contributed by atoms with E-state index < -0.39 is 5.82 Å². The lowest BCUT2D eigenvalue weighted by Gasteiger charge is -2.23. The van der Waals surface area contributed by atoms with Crippen molar-refractivity contribution in [2.24, 2.45) is 17.6 Å². The van der Waals surface area contributed by atoms with E-state index >= 15 is 0 Å². The number of halogens is 1. The number of benzene rings is 2. The van der Waals surface area contributed by atoms with E-state index in [0.29, 0.717) is 18.4 Å². The summed E-state index contributed by atoms with van der Waals surface area (Å²) in [6.45, 7) is 2.06. The van der Waals surface area contributed by atoms with Gasteiger partial charge in [0.2, 0.25) is 0 Å². The van der Waals surface area contributed by atoms with Crippen LogP contribution >= 0.6 is 0 Å². The highest BCUT2D eigenvalue weighted by atomic mass is 19.1. The van der Waals surface area contributed by atoms with E-state index in [1.807, 2.05) is 43.3 Å². The molecular formula is C30H33FN2O2. The summed E-state index contributed by atoms with van der Waals surface area (Å²) < 4.78 is 14.6. The summed E-state index contributed by atoms with van der Waals surface area (Å²) in [5.41, 5.74) is 11.5. The fraction of sp³-hybridized carbons (Fsp3) is 0.400. The molecule has 1 saturated carbocycles. The number of hydrogen-bond acceptors (Lipinski definition) is 4. The van der Waals surface area contributed by atoms with Gasteiger partial charge in [-0.1, -0.05) is 42.3 Å². The van der Waals surface area contributed by atoms with Gasteiger partial charge in [-0.2, -0.15) is 5.26 Å². The lowest BCUT2D eigenvalue weighted by molar-refractivity contribution is -0.119. The van der Waals surface area contributed by atoms with Crippen molar-refractivity contribution in [1.29, 1.82) is 5.26 Å². The van der Waals surface area contributed by atoms with Crippen molar-refractivity contribution >= 4 is 16.9 Å². The maximum atomic E-state index is 14.6. The number of hydrogen-bond donors (Lipinski definition) is 2. The number of aliphatic hydroxyl groups is 1. The van der Waals surface area contributed by atoms with Crippen LogP contribution in [0.2, 0.25) is 0 Å². The first kappa shape index (κ1) is 25.0. The maximum absolute atomic E-state index is 14.6. The maximum Gasteiger partial charge on any atom is 0.162 e. The summed E-state index contributed by atoms with van der Waals surface area (Å²) in [7, 11) is 0. The number of carbonyl (C=O) groups excluding carboxylic acids is 1. The summed E-state index contributed by atoms with van der Waals surface area (Å²) in [6.07, 6.45) is 7.47. The highest BCUT2D eigenvalue weighted by Crippen LogP contribution is 2.47. The van der Waals surface area contributed by atoms with Crippen LogP contribution in [-0.4, -0.2) is 23.5 Å². The quantitative estimate of drug-likeness (QED) is 0.505. The van der Waals surface area contributed by atoms with E-state index in [0.717, 1.165) is 60.0 Å². The molecule has 2 aliphatic carbocycles. The second-order valence-electron chi connectivity index (χ2n) is 9.85. The van der Waals surface area contributed by atoms with E-state index in [2.05, 4.69) is 0 Å². The van der Waals surface area contributed by atoms with E-state index in [4.69, 9.17) is 5.73 Å². The van der Waals surface area contributed by atoms with E-state index in [1.54, 1.807) is 6.07 Å². The number of aryl methyl sites for hydroxylation is 1. The molecule has 2 aromatic rings. The molecule has 1 fully saturated rings. The summed E-state index contributed by atoms with van der Waals surface area (Å²) in [6, 6.07) is 14.8. The highest BCUT2D eigenvalue weighted by Gasteiger charge is 2.36. The number of Topliss-reactive ketones (excluding diaryl/α,β-unsaturated/α-hetero) is 1. The van der Waals surface area contributed by atoms with Gasteiger partial charge in [0.1, 0.15) is 11.9 Å². The van der Waals surface area contributed by atoms with E-state index in [9.17, 15) is 19.6 Å². The molecule has 0 heterocycles. The van der Waals surface area contributed by atoms with Crippen LogP contribution in [0.5, 0.6) is 0 Å². The molecule has 2 aromatic carbocycles. The normalized spacial score (nSPS) is 22.5. The number of nitriles is 1. The van der Waals surface area contributed by atoms with Crippen molar-refractivity contribution < 1.29 is 14.3 Å². The first-order valence-corrected chi connectivity index (χ1v) is 12.6. The third-order valence-corrected chi connectivity index (χ3v) is 7.40. The van der Waals surface area contributed by atoms with Gasteiger partial charge in [0, 0.05) is 30.1 Å². The van der Waals surface area contributed by atoms with Crippen molar-refractivity contribution in [2.45, 2.75) is 57.9 Å². The molecule has 4 nitrogen and oxygen atoms in total. The molecule has 3 atom stereocenters. The number of nitrogens with zero attached hydrogens (tertiary/aromatic N) is 1. The Bertz CT molecular complexity index is 1190. The number of rotatable bonds is 7. The molecule has 0 aromatic heterocycles. The predicted octanol–water partition coefficient (Wildman–Crippen LogP) is 5.72. The summed E-state index contributed by atoms with van der Waals surface area (Å²) in [5, 5.41) is 18.8. The van der Waals surface area contributed by atoms with Crippen LogP contribution in [0.25, 0.3) is 11.1 Å². The Morgan fingerprint density at radius 3 is 2.54 bits per heavy atom. The molecule has 0 spiro atoms. The summed E-state index contributed by atoms with van der Waals surface area (Å²) in [5.74, 6) is -0.667. The fourth-order valence-electron chi connectivity index (χ4n) is 5.45. The standard InChI is InChI=1S/C30H33FN2O2/c1-19-7-9-20(10-8-19)29-25(6-3-15-34)27(30(35)21-4-2-5-24(33)14-13-21)17-26(29)22-11-12-23(18-32)28(31)16-22/h7-12,16-17,21,24-25,34H,2-6,13-15,33H2,1H3/t21?,24-,25?/m1/s1. The van der Waals surface area contributed by atoms with Crippen LogP contribution < -0.4 is 5.73 Å². The molecule has 35 heavy (non-hydrogen) atoms. The molecule has 2 aliphatic rings. The number of allylic oxidation sites excluding steroid dienone is 4. The smallest absolute Gasteiger partial charge is 0.162 e. The molecule has 4 rings (SSSR count). The van der Waals surface area contributed by atoms with Crippen LogP contribution in [0.3, 0.4) is 0 Å². The topological polar surface area (TPSA) is 87.1 Å². The largest absolute Gasteiger partial charge is 0.396 e. The van der Waals surface area contributed by atoms with Crippen LogP contribution in [0.4, 0.5) is 4.39 Å². The van der Waals surface area contributed by atoms with Crippen molar-refractivity contribution in [3.8, 4) is 6.07 Å². The number of aliphatic hydroxyl groups excluding tert-OH is 1. The lowest BCUT2D eigenvalue weighted by atomic mass is 9.80. The van der Waals surface area contributed by atoms with Gasteiger partial charge in [0.05, 0.1) is 5.56 Å². The zero-order valence-corrected chi connectivity index (χ0v) is 20.3. The molecule has 3 N–H and O–H groups in total. The monoisotopic (exact) mass is 472 g/mol. The average Bonchev–Trinajstić information content (AvgIpc) is 3.09. The van der Waals surface area contributed by atoms with Crippen molar-refractivity contribution in [3.05, 3.63) is 82.2 Å². The van der Waals surface area contributed by atoms with E-state index in [-0.39, 0.29) is 35.8 Å². The zero-order valence-electron chi connectivity index (χ0n) is 20.3. The Hall–Kier alpha value is -3.07. The summed E-state index contributed by atoms with van der Waals surface area (Å²) in [4.78, 5) is 13.9. The molecule has 182 valence electrons. The molecule has 0 radical (unpaired) electrons. The second kappa shape index (κ2) is 11.1. The fourth-order valence-corrected chi connectivity index (χ4v) is 5.45. The molecule has 2 unspecified atom stereocenters. The Labute approximate surface area is 207 Å². The Kier molecular flexibility index (Phi) is 7.95.